The van der Waals surface area contributed by atoms with Gasteiger partial charge in [-0.15, -0.1) is 0 Å². The number of halogens is 1. The molecule has 90 valence electrons. The summed E-state index contributed by atoms with van der Waals surface area (Å²) in [7, 11) is 0. The van der Waals surface area contributed by atoms with Crippen molar-refractivity contribution in [3.05, 3.63) is 35.6 Å². The molecule has 0 saturated carbocycles. The fourth-order valence-electron chi connectivity index (χ4n) is 1.60. The van der Waals surface area contributed by atoms with Crippen LogP contribution in [0, 0.1) is 11.7 Å². The summed E-state index contributed by atoms with van der Waals surface area (Å²) in [6.07, 6.45) is 0.649. The molecule has 0 aliphatic carbocycles. The van der Waals surface area contributed by atoms with Gasteiger partial charge in [0.25, 0.3) is 0 Å². The molecule has 0 fully saturated rings. The number of rotatable bonds is 6. The average Bonchev–Trinajstić information content (AvgIpc) is 2.26. The standard InChI is InChI=1S/C13H20FNO/c1-10(2)13(9-16)15-8-7-11-5-3-4-6-12(11)14/h3-6,10,13,15-16H,7-9H2,1-2H3. The van der Waals surface area contributed by atoms with Gasteiger partial charge in [-0.2, -0.15) is 0 Å². The number of hydrogen-bond acceptors (Lipinski definition) is 2. The minimum atomic E-state index is -0.158. The number of hydrogen-bond donors (Lipinski definition) is 2. The molecule has 0 aromatic heterocycles. The summed E-state index contributed by atoms with van der Waals surface area (Å²) >= 11 is 0. The third-order valence-corrected chi connectivity index (χ3v) is 2.76. The second-order valence-corrected chi connectivity index (χ2v) is 4.33. The maximum Gasteiger partial charge on any atom is 0.126 e. The Labute approximate surface area is 96.5 Å². The molecule has 2 nitrogen and oxygen atoms in total. The molecule has 1 aromatic carbocycles. The van der Waals surface area contributed by atoms with Crippen LogP contribution in [0.1, 0.15) is 19.4 Å². The van der Waals surface area contributed by atoms with Gasteiger partial charge in [0.2, 0.25) is 0 Å². The Morgan fingerprint density at radius 2 is 2.00 bits per heavy atom. The van der Waals surface area contributed by atoms with E-state index in [4.69, 9.17) is 5.11 Å². The van der Waals surface area contributed by atoms with E-state index in [1.807, 2.05) is 6.07 Å². The minimum Gasteiger partial charge on any atom is -0.395 e. The normalized spacial score (nSPS) is 13.1. The third kappa shape index (κ3) is 3.91. The SMILES string of the molecule is CC(C)C(CO)NCCc1ccccc1F. The molecule has 0 amide bonds. The van der Waals surface area contributed by atoms with Gasteiger partial charge in [-0.05, 0) is 30.5 Å². The van der Waals surface area contributed by atoms with E-state index in [9.17, 15) is 4.39 Å². The van der Waals surface area contributed by atoms with Gasteiger partial charge < -0.3 is 10.4 Å². The Kier molecular flexibility index (Phi) is 5.43. The molecule has 3 heteroatoms. The summed E-state index contributed by atoms with van der Waals surface area (Å²) in [5, 5.41) is 12.3. The number of benzene rings is 1. The van der Waals surface area contributed by atoms with Crippen LogP contribution in [-0.4, -0.2) is 24.3 Å². The highest BCUT2D eigenvalue weighted by Gasteiger charge is 2.10. The van der Waals surface area contributed by atoms with Crippen molar-refractivity contribution >= 4 is 0 Å². The van der Waals surface area contributed by atoms with Crippen LogP contribution in [0.15, 0.2) is 24.3 Å². The van der Waals surface area contributed by atoms with E-state index < -0.39 is 0 Å². The predicted molar refractivity (Wildman–Crippen MR) is 63.8 cm³/mol. The Balaban J connectivity index is 2.38. The molecule has 0 bridgehead atoms. The zero-order chi connectivity index (χ0) is 12.0. The van der Waals surface area contributed by atoms with E-state index >= 15 is 0 Å². The summed E-state index contributed by atoms with van der Waals surface area (Å²) in [6, 6.07) is 6.88. The highest BCUT2D eigenvalue weighted by Crippen LogP contribution is 2.07. The summed E-state index contributed by atoms with van der Waals surface area (Å²) < 4.78 is 13.3. The first kappa shape index (κ1) is 13.1. The van der Waals surface area contributed by atoms with Crippen molar-refractivity contribution in [3.63, 3.8) is 0 Å². The van der Waals surface area contributed by atoms with Crippen LogP contribution in [-0.2, 0) is 6.42 Å². The lowest BCUT2D eigenvalue weighted by molar-refractivity contribution is 0.211. The highest BCUT2D eigenvalue weighted by atomic mass is 19.1. The fraction of sp³-hybridized carbons (Fsp3) is 0.538. The molecule has 1 atom stereocenters. The van der Waals surface area contributed by atoms with Gasteiger partial charge in [0.15, 0.2) is 0 Å². The maximum atomic E-state index is 13.3. The van der Waals surface area contributed by atoms with Crippen molar-refractivity contribution in [2.24, 2.45) is 5.92 Å². The van der Waals surface area contributed by atoms with Gasteiger partial charge in [0.1, 0.15) is 5.82 Å². The van der Waals surface area contributed by atoms with Crippen LogP contribution < -0.4 is 5.32 Å². The summed E-state index contributed by atoms with van der Waals surface area (Å²) in [4.78, 5) is 0. The molecular weight excluding hydrogens is 205 g/mol. The van der Waals surface area contributed by atoms with Gasteiger partial charge >= 0.3 is 0 Å². The van der Waals surface area contributed by atoms with Crippen molar-refractivity contribution in [1.82, 2.24) is 5.32 Å². The number of nitrogens with one attached hydrogen (secondary N) is 1. The molecule has 16 heavy (non-hydrogen) atoms. The van der Waals surface area contributed by atoms with Crippen molar-refractivity contribution < 1.29 is 9.50 Å². The van der Waals surface area contributed by atoms with E-state index in [-0.39, 0.29) is 18.5 Å². The molecule has 0 aliphatic heterocycles. The summed E-state index contributed by atoms with van der Waals surface area (Å²) in [5.41, 5.74) is 0.718. The van der Waals surface area contributed by atoms with E-state index in [2.05, 4.69) is 19.2 Å². The van der Waals surface area contributed by atoms with E-state index in [1.54, 1.807) is 12.1 Å². The predicted octanol–water partition coefficient (Wildman–Crippen LogP) is 1.97. The van der Waals surface area contributed by atoms with Crippen molar-refractivity contribution in [3.8, 4) is 0 Å². The number of aliphatic hydroxyl groups is 1. The molecule has 1 rings (SSSR count). The smallest absolute Gasteiger partial charge is 0.126 e. The van der Waals surface area contributed by atoms with Crippen LogP contribution in [0.3, 0.4) is 0 Å². The maximum absolute atomic E-state index is 13.3. The molecule has 0 spiro atoms. The molecule has 0 saturated heterocycles. The zero-order valence-electron chi connectivity index (χ0n) is 9.91. The van der Waals surface area contributed by atoms with Crippen LogP contribution in [0.2, 0.25) is 0 Å². The van der Waals surface area contributed by atoms with E-state index in [1.165, 1.54) is 6.07 Å². The summed E-state index contributed by atoms with van der Waals surface area (Å²) in [6.45, 7) is 4.91. The average molecular weight is 225 g/mol. The van der Waals surface area contributed by atoms with Gasteiger partial charge in [-0.25, -0.2) is 4.39 Å². The van der Waals surface area contributed by atoms with Crippen LogP contribution in [0.4, 0.5) is 4.39 Å². The quantitative estimate of drug-likeness (QED) is 0.776. The fourth-order valence-corrected chi connectivity index (χ4v) is 1.60. The molecule has 0 aliphatic rings. The summed E-state index contributed by atoms with van der Waals surface area (Å²) in [5.74, 6) is 0.222. The number of aliphatic hydroxyl groups excluding tert-OH is 1. The first-order valence-electron chi connectivity index (χ1n) is 5.72. The first-order valence-corrected chi connectivity index (χ1v) is 5.72. The first-order chi connectivity index (χ1) is 7.65. The Bertz CT molecular complexity index is 315. The van der Waals surface area contributed by atoms with Crippen molar-refractivity contribution in [2.75, 3.05) is 13.2 Å². The van der Waals surface area contributed by atoms with Crippen molar-refractivity contribution in [2.45, 2.75) is 26.3 Å². The zero-order valence-corrected chi connectivity index (χ0v) is 9.91. The van der Waals surface area contributed by atoms with Crippen LogP contribution in [0.5, 0.6) is 0 Å². The lowest BCUT2D eigenvalue weighted by atomic mass is 10.0. The molecular formula is C13H20FNO. The van der Waals surface area contributed by atoms with Gasteiger partial charge in [0.05, 0.1) is 6.61 Å². The van der Waals surface area contributed by atoms with E-state index in [0.717, 1.165) is 5.56 Å². The van der Waals surface area contributed by atoms with Gasteiger partial charge in [-0.1, -0.05) is 32.0 Å². The Morgan fingerprint density at radius 3 is 2.56 bits per heavy atom. The Hall–Kier alpha value is -0.930. The molecule has 1 unspecified atom stereocenters. The third-order valence-electron chi connectivity index (χ3n) is 2.76. The second-order valence-electron chi connectivity index (χ2n) is 4.33. The lowest BCUT2D eigenvalue weighted by Crippen LogP contribution is -2.38. The molecule has 0 radical (unpaired) electrons. The van der Waals surface area contributed by atoms with E-state index in [0.29, 0.717) is 18.9 Å². The van der Waals surface area contributed by atoms with Crippen molar-refractivity contribution in [1.29, 1.82) is 0 Å². The molecule has 1 aromatic rings. The monoisotopic (exact) mass is 225 g/mol. The van der Waals surface area contributed by atoms with Gasteiger partial charge in [-0.3, -0.25) is 0 Å². The van der Waals surface area contributed by atoms with Crippen LogP contribution in [0.25, 0.3) is 0 Å². The lowest BCUT2D eigenvalue weighted by Gasteiger charge is -2.19. The molecule has 2 N–H and O–H groups in total. The highest BCUT2D eigenvalue weighted by molar-refractivity contribution is 5.17. The largest absolute Gasteiger partial charge is 0.395 e. The molecule has 0 heterocycles. The Morgan fingerprint density at radius 1 is 1.31 bits per heavy atom. The topological polar surface area (TPSA) is 32.3 Å². The second kappa shape index (κ2) is 6.61. The minimum absolute atomic E-state index is 0.0896. The van der Waals surface area contributed by atoms with Crippen LogP contribution >= 0.6 is 0 Å². The van der Waals surface area contributed by atoms with Gasteiger partial charge in [0, 0.05) is 6.04 Å².